The minimum atomic E-state index is 0.00109. The van der Waals surface area contributed by atoms with E-state index in [1.54, 1.807) is 6.07 Å². The molecule has 0 unspecified atom stereocenters. The predicted octanol–water partition coefficient (Wildman–Crippen LogP) is 1.29. The number of aryl methyl sites for hydroxylation is 2. The molecular formula is C16H21N5O2. The molecule has 2 aromatic rings. The van der Waals surface area contributed by atoms with Crippen LogP contribution in [-0.4, -0.2) is 57.0 Å². The fraction of sp³-hybridized carbons (Fsp3) is 0.500. The number of aromatic nitrogens is 3. The van der Waals surface area contributed by atoms with Gasteiger partial charge in [-0.2, -0.15) is 4.98 Å². The van der Waals surface area contributed by atoms with Gasteiger partial charge in [-0.25, -0.2) is 4.98 Å². The van der Waals surface area contributed by atoms with Gasteiger partial charge in [-0.3, -0.25) is 9.69 Å². The summed E-state index contributed by atoms with van der Waals surface area (Å²) in [5, 5.41) is 3.97. The summed E-state index contributed by atoms with van der Waals surface area (Å²) in [4.78, 5) is 25.2. The number of hydrogen-bond acceptors (Lipinski definition) is 6. The Balaban J connectivity index is 1.54. The molecule has 1 aliphatic rings. The fourth-order valence-electron chi connectivity index (χ4n) is 2.63. The summed E-state index contributed by atoms with van der Waals surface area (Å²) in [6.45, 7) is 7.51. The molecule has 0 saturated carbocycles. The summed E-state index contributed by atoms with van der Waals surface area (Å²) >= 11 is 0. The topological polar surface area (TPSA) is 75.4 Å². The van der Waals surface area contributed by atoms with Crippen LogP contribution in [0.1, 0.15) is 34.8 Å². The Bertz CT molecular complexity index is 677. The van der Waals surface area contributed by atoms with E-state index in [0.717, 1.165) is 25.2 Å². The first kappa shape index (κ1) is 15.6. The van der Waals surface area contributed by atoms with E-state index in [4.69, 9.17) is 4.52 Å². The summed E-state index contributed by atoms with van der Waals surface area (Å²) in [5.41, 5.74) is 1.38. The number of carbonyl (C=O) groups excluding carboxylic acids is 1. The molecule has 0 radical (unpaired) electrons. The van der Waals surface area contributed by atoms with Crippen LogP contribution in [0.15, 0.2) is 22.7 Å². The molecule has 1 amide bonds. The van der Waals surface area contributed by atoms with Crippen molar-refractivity contribution in [1.29, 1.82) is 0 Å². The van der Waals surface area contributed by atoms with Gasteiger partial charge in [0.15, 0.2) is 5.82 Å². The van der Waals surface area contributed by atoms with Gasteiger partial charge in [0.25, 0.3) is 5.91 Å². The van der Waals surface area contributed by atoms with Crippen molar-refractivity contribution in [3.05, 3.63) is 41.3 Å². The Kier molecular flexibility index (Phi) is 4.66. The highest BCUT2D eigenvalue weighted by Gasteiger charge is 2.23. The Morgan fingerprint density at radius 2 is 2.00 bits per heavy atom. The van der Waals surface area contributed by atoms with Crippen LogP contribution >= 0.6 is 0 Å². The third-order valence-electron chi connectivity index (χ3n) is 3.94. The number of rotatable bonds is 4. The molecule has 3 rings (SSSR count). The van der Waals surface area contributed by atoms with Gasteiger partial charge in [0.1, 0.15) is 5.69 Å². The third kappa shape index (κ3) is 3.73. The maximum atomic E-state index is 12.5. The molecule has 0 aliphatic carbocycles. The van der Waals surface area contributed by atoms with E-state index in [0.29, 0.717) is 37.0 Å². The lowest BCUT2D eigenvalue weighted by molar-refractivity contribution is 0.0618. The molecule has 1 fully saturated rings. The van der Waals surface area contributed by atoms with Gasteiger partial charge in [-0.15, -0.1) is 0 Å². The molecule has 7 nitrogen and oxygen atoms in total. The van der Waals surface area contributed by atoms with Crippen LogP contribution in [0, 0.1) is 6.92 Å². The average Bonchev–Trinajstić information content (AvgIpc) is 3.02. The Morgan fingerprint density at radius 1 is 1.22 bits per heavy atom. The van der Waals surface area contributed by atoms with Crippen LogP contribution < -0.4 is 0 Å². The number of carbonyl (C=O) groups is 1. The summed E-state index contributed by atoms with van der Waals surface area (Å²) < 4.78 is 5.12. The minimum Gasteiger partial charge on any atom is -0.339 e. The molecule has 1 aliphatic heterocycles. The number of pyridine rings is 1. The molecule has 0 N–H and O–H groups in total. The molecule has 0 aromatic carbocycles. The second kappa shape index (κ2) is 6.87. The summed E-state index contributed by atoms with van der Waals surface area (Å²) in [6, 6.07) is 5.53. The van der Waals surface area contributed by atoms with E-state index >= 15 is 0 Å². The average molecular weight is 315 g/mol. The largest absolute Gasteiger partial charge is 0.339 e. The van der Waals surface area contributed by atoms with E-state index in [9.17, 15) is 4.79 Å². The Labute approximate surface area is 135 Å². The van der Waals surface area contributed by atoms with Gasteiger partial charge >= 0.3 is 0 Å². The van der Waals surface area contributed by atoms with E-state index in [1.807, 2.05) is 30.9 Å². The van der Waals surface area contributed by atoms with E-state index in [-0.39, 0.29) is 5.91 Å². The molecule has 23 heavy (non-hydrogen) atoms. The summed E-state index contributed by atoms with van der Waals surface area (Å²) in [6.07, 6.45) is 0.749. The van der Waals surface area contributed by atoms with E-state index in [1.165, 1.54) is 0 Å². The van der Waals surface area contributed by atoms with Gasteiger partial charge in [-0.1, -0.05) is 18.1 Å². The van der Waals surface area contributed by atoms with Gasteiger partial charge < -0.3 is 9.42 Å². The van der Waals surface area contributed by atoms with Crippen LogP contribution in [-0.2, 0) is 13.0 Å². The van der Waals surface area contributed by atoms with Crippen molar-refractivity contribution in [2.24, 2.45) is 0 Å². The smallest absolute Gasteiger partial charge is 0.272 e. The molecule has 1 saturated heterocycles. The maximum absolute atomic E-state index is 12.5. The molecule has 122 valence electrons. The third-order valence-corrected chi connectivity index (χ3v) is 3.94. The molecule has 2 aromatic heterocycles. The molecule has 0 atom stereocenters. The van der Waals surface area contributed by atoms with Crippen molar-refractivity contribution in [2.45, 2.75) is 26.8 Å². The lowest BCUT2D eigenvalue weighted by Crippen LogP contribution is -2.48. The SMILES string of the molecule is CCc1nc(CN2CCN(C(=O)c3cccc(C)n3)CC2)no1. The van der Waals surface area contributed by atoms with Crippen molar-refractivity contribution >= 4 is 5.91 Å². The number of nitrogens with zero attached hydrogens (tertiary/aromatic N) is 5. The second-order valence-electron chi connectivity index (χ2n) is 5.69. The van der Waals surface area contributed by atoms with E-state index < -0.39 is 0 Å². The molecule has 0 bridgehead atoms. The fourth-order valence-corrected chi connectivity index (χ4v) is 2.63. The molecular weight excluding hydrogens is 294 g/mol. The first-order chi connectivity index (χ1) is 11.2. The van der Waals surface area contributed by atoms with Crippen molar-refractivity contribution < 1.29 is 9.32 Å². The Morgan fingerprint density at radius 3 is 2.65 bits per heavy atom. The first-order valence-corrected chi connectivity index (χ1v) is 7.92. The van der Waals surface area contributed by atoms with E-state index in [2.05, 4.69) is 20.0 Å². The lowest BCUT2D eigenvalue weighted by atomic mass is 10.2. The summed E-state index contributed by atoms with van der Waals surface area (Å²) in [7, 11) is 0. The van der Waals surface area contributed by atoms with Gasteiger partial charge in [-0.05, 0) is 19.1 Å². The molecule has 7 heteroatoms. The van der Waals surface area contributed by atoms with Gasteiger partial charge in [0, 0.05) is 38.3 Å². The summed E-state index contributed by atoms with van der Waals surface area (Å²) in [5.74, 6) is 1.38. The lowest BCUT2D eigenvalue weighted by Gasteiger charge is -2.33. The zero-order valence-electron chi connectivity index (χ0n) is 13.5. The van der Waals surface area contributed by atoms with Crippen LogP contribution in [0.25, 0.3) is 0 Å². The van der Waals surface area contributed by atoms with Crippen molar-refractivity contribution in [2.75, 3.05) is 26.2 Å². The maximum Gasteiger partial charge on any atom is 0.272 e. The van der Waals surface area contributed by atoms with Crippen LogP contribution in [0.5, 0.6) is 0 Å². The predicted molar refractivity (Wildman–Crippen MR) is 83.8 cm³/mol. The number of hydrogen-bond donors (Lipinski definition) is 0. The van der Waals surface area contributed by atoms with Gasteiger partial charge in [0.05, 0.1) is 6.54 Å². The highest BCUT2D eigenvalue weighted by atomic mass is 16.5. The normalized spacial score (nSPS) is 15.8. The highest BCUT2D eigenvalue weighted by molar-refractivity contribution is 5.92. The van der Waals surface area contributed by atoms with Crippen LogP contribution in [0.4, 0.5) is 0 Å². The van der Waals surface area contributed by atoms with Crippen LogP contribution in [0.2, 0.25) is 0 Å². The number of amides is 1. The number of piperazine rings is 1. The second-order valence-corrected chi connectivity index (χ2v) is 5.69. The Hall–Kier alpha value is -2.28. The van der Waals surface area contributed by atoms with Crippen molar-refractivity contribution in [3.63, 3.8) is 0 Å². The van der Waals surface area contributed by atoms with Crippen molar-refractivity contribution in [3.8, 4) is 0 Å². The van der Waals surface area contributed by atoms with Gasteiger partial charge in [0.2, 0.25) is 5.89 Å². The minimum absolute atomic E-state index is 0.00109. The standard InChI is InChI=1S/C16H21N5O2/c1-3-15-18-14(19-23-15)11-20-7-9-21(10-8-20)16(22)13-6-4-5-12(2)17-13/h4-6H,3,7-11H2,1-2H3. The quantitative estimate of drug-likeness (QED) is 0.846. The highest BCUT2D eigenvalue weighted by Crippen LogP contribution is 2.10. The zero-order valence-corrected chi connectivity index (χ0v) is 13.5. The van der Waals surface area contributed by atoms with Crippen LogP contribution in [0.3, 0.4) is 0 Å². The van der Waals surface area contributed by atoms with Crippen molar-refractivity contribution in [1.82, 2.24) is 24.9 Å². The monoisotopic (exact) mass is 315 g/mol. The molecule has 3 heterocycles. The zero-order chi connectivity index (χ0) is 16.2. The molecule has 0 spiro atoms. The first-order valence-electron chi connectivity index (χ1n) is 7.92.